The summed E-state index contributed by atoms with van der Waals surface area (Å²) in [7, 11) is 3.22. The van der Waals surface area contributed by atoms with Crippen molar-refractivity contribution in [3.8, 4) is 11.5 Å². The molecule has 3 N–H and O–H groups in total. The van der Waals surface area contributed by atoms with Crippen LogP contribution >= 0.6 is 0 Å². The molecule has 0 amide bonds. The molecule has 110 valence electrons. The zero-order valence-corrected chi connectivity index (χ0v) is 11.9. The van der Waals surface area contributed by atoms with Crippen LogP contribution in [0.3, 0.4) is 0 Å². The number of rotatable bonds is 5. The Bertz CT molecular complexity index is 471. The minimum absolute atomic E-state index is 0.183. The molecule has 1 unspecified atom stereocenters. The largest absolute Gasteiger partial charge is 0.497 e. The number of nitrogens with one attached hydrogen (secondary N) is 1. The Morgan fingerprint density at radius 1 is 1.45 bits per heavy atom. The summed E-state index contributed by atoms with van der Waals surface area (Å²) in [5, 5.41) is 3.03. The standard InChI is InChI=1S/C14H21N3O3/c1-18-10-5-6-13(19-2)12(8-10)17-14(15)16-9-11-4-3-7-20-11/h5-6,8,11H,3-4,7,9H2,1-2H3,(H3,15,16,17). The van der Waals surface area contributed by atoms with Gasteiger partial charge in [-0.1, -0.05) is 0 Å². The summed E-state index contributed by atoms with van der Waals surface area (Å²) in [4.78, 5) is 4.29. The lowest BCUT2D eigenvalue weighted by atomic mass is 10.2. The lowest BCUT2D eigenvalue weighted by Gasteiger charge is -2.12. The Morgan fingerprint density at radius 2 is 2.30 bits per heavy atom. The fraction of sp³-hybridized carbons (Fsp3) is 0.500. The van der Waals surface area contributed by atoms with Crippen LogP contribution in [-0.4, -0.2) is 39.4 Å². The molecule has 0 saturated carbocycles. The third-order valence-corrected chi connectivity index (χ3v) is 3.16. The van der Waals surface area contributed by atoms with Gasteiger partial charge >= 0.3 is 0 Å². The fourth-order valence-electron chi connectivity index (χ4n) is 2.08. The van der Waals surface area contributed by atoms with Crippen LogP contribution in [-0.2, 0) is 4.74 Å². The van der Waals surface area contributed by atoms with Crippen LogP contribution in [0.2, 0.25) is 0 Å². The van der Waals surface area contributed by atoms with Crippen LogP contribution in [0.4, 0.5) is 5.69 Å². The number of hydrogen-bond acceptors (Lipinski definition) is 4. The van der Waals surface area contributed by atoms with Crippen molar-refractivity contribution in [2.24, 2.45) is 10.7 Å². The topological polar surface area (TPSA) is 78.1 Å². The Morgan fingerprint density at radius 3 is 2.95 bits per heavy atom. The summed E-state index contributed by atoms with van der Waals surface area (Å²) in [5.41, 5.74) is 6.61. The predicted molar refractivity (Wildman–Crippen MR) is 78.6 cm³/mol. The summed E-state index contributed by atoms with van der Waals surface area (Å²) >= 11 is 0. The van der Waals surface area contributed by atoms with Gasteiger partial charge in [-0.2, -0.15) is 0 Å². The molecule has 1 atom stereocenters. The lowest BCUT2D eigenvalue weighted by Crippen LogP contribution is -2.25. The minimum Gasteiger partial charge on any atom is -0.497 e. The number of guanidine groups is 1. The Balaban J connectivity index is 2.01. The van der Waals surface area contributed by atoms with Crippen molar-refractivity contribution in [3.05, 3.63) is 18.2 Å². The lowest BCUT2D eigenvalue weighted by molar-refractivity contribution is 0.118. The van der Waals surface area contributed by atoms with Crippen LogP contribution in [0.15, 0.2) is 23.2 Å². The van der Waals surface area contributed by atoms with Crippen LogP contribution in [0.25, 0.3) is 0 Å². The number of ether oxygens (including phenoxy) is 3. The first-order chi connectivity index (χ1) is 9.72. The van der Waals surface area contributed by atoms with E-state index in [1.165, 1.54) is 0 Å². The molecule has 1 aromatic carbocycles. The summed E-state index contributed by atoms with van der Waals surface area (Å²) in [5.74, 6) is 1.74. The van der Waals surface area contributed by atoms with E-state index >= 15 is 0 Å². The SMILES string of the molecule is COc1ccc(OC)c(NC(N)=NCC2CCCO2)c1. The van der Waals surface area contributed by atoms with Crippen molar-refractivity contribution < 1.29 is 14.2 Å². The summed E-state index contributed by atoms with van der Waals surface area (Å²) in [6.45, 7) is 1.39. The van der Waals surface area contributed by atoms with Crippen molar-refractivity contribution in [1.82, 2.24) is 0 Å². The number of hydrogen-bond donors (Lipinski definition) is 2. The van der Waals surface area contributed by atoms with Gasteiger partial charge in [0.1, 0.15) is 11.5 Å². The molecule has 1 aliphatic heterocycles. The van der Waals surface area contributed by atoms with Gasteiger partial charge in [0.05, 0.1) is 32.6 Å². The van der Waals surface area contributed by atoms with E-state index in [0.717, 1.165) is 30.9 Å². The summed E-state index contributed by atoms with van der Waals surface area (Å²) < 4.78 is 16.0. The minimum atomic E-state index is 0.183. The van der Waals surface area contributed by atoms with E-state index in [0.29, 0.717) is 18.3 Å². The highest BCUT2D eigenvalue weighted by molar-refractivity contribution is 5.94. The summed E-state index contributed by atoms with van der Waals surface area (Å²) in [6, 6.07) is 5.45. The van der Waals surface area contributed by atoms with E-state index < -0.39 is 0 Å². The van der Waals surface area contributed by atoms with Gasteiger partial charge in [-0.3, -0.25) is 4.99 Å². The maximum Gasteiger partial charge on any atom is 0.193 e. The van der Waals surface area contributed by atoms with Crippen LogP contribution in [0.1, 0.15) is 12.8 Å². The second kappa shape index (κ2) is 7.00. The third kappa shape index (κ3) is 3.77. The zero-order valence-electron chi connectivity index (χ0n) is 11.9. The average molecular weight is 279 g/mol. The van der Waals surface area contributed by atoms with Crippen molar-refractivity contribution >= 4 is 11.6 Å². The van der Waals surface area contributed by atoms with Gasteiger partial charge in [0.15, 0.2) is 5.96 Å². The number of aliphatic imine (C=N–C) groups is 1. The second-order valence-electron chi connectivity index (χ2n) is 4.55. The fourth-order valence-corrected chi connectivity index (χ4v) is 2.08. The van der Waals surface area contributed by atoms with Gasteiger partial charge in [-0.15, -0.1) is 0 Å². The predicted octanol–water partition coefficient (Wildman–Crippen LogP) is 1.61. The molecule has 6 nitrogen and oxygen atoms in total. The van der Waals surface area contributed by atoms with E-state index in [1.54, 1.807) is 14.2 Å². The molecule has 20 heavy (non-hydrogen) atoms. The van der Waals surface area contributed by atoms with Gasteiger partial charge in [-0.05, 0) is 25.0 Å². The average Bonchev–Trinajstić information content (AvgIpc) is 2.98. The number of nitrogens with zero attached hydrogens (tertiary/aromatic N) is 1. The molecule has 0 radical (unpaired) electrons. The Labute approximate surface area is 118 Å². The maximum absolute atomic E-state index is 5.89. The second-order valence-corrected chi connectivity index (χ2v) is 4.55. The number of benzene rings is 1. The Hall–Kier alpha value is -1.95. The molecule has 0 aliphatic carbocycles. The van der Waals surface area contributed by atoms with Gasteiger partial charge in [0.2, 0.25) is 0 Å². The molecule has 1 heterocycles. The van der Waals surface area contributed by atoms with Crippen molar-refractivity contribution in [3.63, 3.8) is 0 Å². The van der Waals surface area contributed by atoms with Crippen LogP contribution < -0.4 is 20.5 Å². The van der Waals surface area contributed by atoms with Crippen molar-refractivity contribution in [2.75, 3.05) is 32.7 Å². The number of anilines is 1. The number of nitrogens with two attached hydrogens (primary N) is 1. The molecule has 1 saturated heterocycles. The Kier molecular flexibility index (Phi) is 5.06. The highest BCUT2D eigenvalue weighted by Gasteiger charge is 2.14. The monoisotopic (exact) mass is 279 g/mol. The molecule has 2 rings (SSSR count). The van der Waals surface area contributed by atoms with Crippen molar-refractivity contribution in [1.29, 1.82) is 0 Å². The quantitative estimate of drug-likeness (QED) is 0.632. The molecule has 0 bridgehead atoms. The van der Waals surface area contributed by atoms with E-state index in [2.05, 4.69) is 10.3 Å². The van der Waals surface area contributed by atoms with E-state index in [9.17, 15) is 0 Å². The first-order valence-corrected chi connectivity index (χ1v) is 6.63. The molecule has 1 aliphatic rings. The zero-order chi connectivity index (χ0) is 14.4. The molecule has 0 aromatic heterocycles. The first kappa shape index (κ1) is 14.5. The normalized spacial score (nSPS) is 18.9. The first-order valence-electron chi connectivity index (χ1n) is 6.63. The van der Waals surface area contributed by atoms with E-state index in [4.69, 9.17) is 19.9 Å². The summed E-state index contributed by atoms with van der Waals surface area (Å²) in [6.07, 6.45) is 2.32. The molecule has 0 spiro atoms. The third-order valence-electron chi connectivity index (χ3n) is 3.16. The van der Waals surface area contributed by atoms with Crippen LogP contribution in [0.5, 0.6) is 11.5 Å². The highest BCUT2D eigenvalue weighted by atomic mass is 16.5. The van der Waals surface area contributed by atoms with Gasteiger partial charge < -0.3 is 25.3 Å². The van der Waals surface area contributed by atoms with Gasteiger partial charge in [-0.25, -0.2) is 0 Å². The molecular weight excluding hydrogens is 258 g/mol. The van der Waals surface area contributed by atoms with E-state index in [-0.39, 0.29) is 6.10 Å². The number of methoxy groups -OCH3 is 2. The van der Waals surface area contributed by atoms with Crippen molar-refractivity contribution in [2.45, 2.75) is 18.9 Å². The molecule has 6 heteroatoms. The van der Waals surface area contributed by atoms with Gasteiger partial charge in [0.25, 0.3) is 0 Å². The van der Waals surface area contributed by atoms with Gasteiger partial charge in [0, 0.05) is 12.7 Å². The smallest absolute Gasteiger partial charge is 0.193 e. The van der Waals surface area contributed by atoms with Crippen LogP contribution in [0, 0.1) is 0 Å². The van der Waals surface area contributed by atoms with E-state index in [1.807, 2.05) is 18.2 Å². The maximum atomic E-state index is 5.89. The highest BCUT2D eigenvalue weighted by Crippen LogP contribution is 2.28. The molecular formula is C14H21N3O3. The molecule has 1 aromatic rings. The molecule has 1 fully saturated rings.